The minimum atomic E-state index is -0.412. The lowest BCUT2D eigenvalue weighted by Gasteiger charge is -2.29. The van der Waals surface area contributed by atoms with E-state index in [0.29, 0.717) is 17.5 Å². The second-order valence-corrected chi connectivity index (χ2v) is 13.5. The van der Waals surface area contributed by atoms with Crippen LogP contribution in [0.1, 0.15) is 36.0 Å². The van der Waals surface area contributed by atoms with E-state index in [1.165, 1.54) is 5.56 Å². The van der Waals surface area contributed by atoms with Crippen LogP contribution in [-0.4, -0.2) is 25.1 Å². The third kappa shape index (κ3) is 4.83. The van der Waals surface area contributed by atoms with E-state index in [1.54, 1.807) is 0 Å². The largest absolute Gasteiger partial charge is 0.482 e. The lowest BCUT2D eigenvalue weighted by molar-refractivity contribution is 0.155. The van der Waals surface area contributed by atoms with Gasteiger partial charge in [-0.1, -0.05) is 127 Å². The number of nitrogens with one attached hydrogen (secondary N) is 1. The Kier molecular flexibility index (Phi) is 6.64. The molecule has 0 saturated carbocycles. The first-order chi connectivity index (χ1) is 25.1. The number of fused-ring (bicyclic) bond motifs is 6. The number of benzene rings is 5. The molecule has 51 heavy (non-hydrogen) atoms. The van der Waals surface area contributed by atoms with Gasteiger partial charge in [0.05, 0.1) is 11.0 Å². The third-order valence-corrected chi connectivity index (χ3v) is 10.3. The van der Waals surface area contributed by atoms with E-state index in [0.717, 1.165) is 55.4 Å². The molecule has 2 aromatic heterocycles. The molecule has 10 rings (SSSR count). The van der Waals surface area contributed by atoms with E-state index in [1.807, 2.05) is 66.7 Å². The quantitative estimate of drug-likeness (QED) is 0.199. The Bertz CT molecular complexity index is 2550. The summed E-state index contributed by atoms with van der Waals surface area (Å²) >= 11 is 0. The van der Waals surface area contributed by atoms with Gasteiger partial charge >= 0.3 is 0 Å². The minimum Gasteiger partial charge on any atom is -0.482 e. The van der Waals surface area contributed by atoms with Crippen molar-refractivity contribution in [2.45, 2.75) is 24.6 Å². The van der Waals surface area contributed by atoms with Crippen LogP contribution in [-0.2, 0) is 0 Å². The number of rotatable bonds is 5. The summed E-state index contributed by atoms with van der Waals surface area (Å²) in [5.41, 5.74) is 7.97. The van der Waals surface area contributed by atoms with E-state index in [-0.39, 0.29) is 12.1 Å². The van der Waals surface area contributed by atoms with E-state index < -0.39 is 5.60 Å². The predicted octanol–water partition coefficient (Wildman–Crippen LogP) is 9.90. The van der Waals surface area contributed by atoms with Gasteiger partial charge in [-0.25, -0.2) is 15.0 Å². The molecule has 0 radical (unpaired) electrons. The Morgan fingerprint density at radius 1 is 0.647 bits per heavy atom. The summed E-state index contributed by atoms with van der Waals surface area (Å²) < 4.78 is 9.07. The molecule has 0 saturated heterocycles. The van der Waals surface area contributed by atoms with Gasteiger partial charge < -0.3 is 14.6 Å². The molecule has 0 bridgehead atoms. The molecule has 6 nitrogen and oxygen atoms in total. The van der Waals surface area contributed by atoms with Gasteiger partial charge in [0.25, 0.3) is 0 Å². The fourth-order valence-corrected chi connectivity index (χ4v) is 7.80. The Morgan fingerprint density at radius 2 is 1.27 bits per heavy atom. The number of para-hydroxylation sites is 1. The molecule has 0 fully saturated rings. The van der Waals surface area contributed by atoms with Gasteiger partial charge in [0.2, 0.25) is 0 Å². The van der Waals surface area contributed by atoms with Crippen LogP contribution in [0.5, 0.6) is 5.75 Å². The molecule has 3 aliphatic rings. The van der Waals surface area contributed by atoms with Crippen LogP contribution in [0.15, 0.2) is 164 Å². The van der Waals surface area contributed by atoms with Crippen LogP contribution in [0.2, 0.25) is 0 Å². The standard InChI is InChI=1S/C45H33N5O/c1-45-24-14-13-22-37(45)35-26-39-34(27-40(35)51-45)33-21-11-12-23-38(33)50(39)44-36(25-32(28-46-44)29-15-5-2-6-16-29)43-48-41(30-17-7-3-8-18-30)47-42(49-43)31-19-9-4-10-20-31/h2-28,37,44,46H,1H3. The lowest BCUT2D eigenvalue weighted by Crippen LogP contribution is -2.32. The molecule has 2 aliphatic heterocycles. The summed E-state index contributed by atoms with van der Waals surface area (Å²) in [5.74, 6) is 2.93. The first-order valence-electron chi connectivity index (χ1n) is 17.4. The van der Waals surface area contributed by atoms with Gasteiger partial charge in [0, 0.05) is 45.2 Å². The predicted molar refractivity (Wildman–Crippen MR) is 205 cm³/mol. The average molecular weight is 660 g/mol. The molecule has 4 heterocycles. The number of nitrogens with zero attached hydrogens (tertiary/aromatic N) is 4. The first-order valence-corrected chi connectivity index (χ1v) is 17.4. The topological polar surface area (TPSA) is 64.9 Å². The van der Waals surface area contributed by atoms with Crippen molar-refractivity contribution < 1.29 is 4.74 Å². The van der Waals surface area contributed by atoms with Gasteiger partial charge in [0.1, 0.15) is 17.5 Å². The minimum absolute atomic E-state index is 0.123. The number of ether oxygens (including phenoxy) is 1. The van der Waals surface area contributed by atoms with Crippen molar-refractivity contribution in [2.24, 2.45) is 0 Å². The van der Waals surface area contributed by atoms with Crippen molar-refractivity contribution in [3.8, 4) is 28.5 Å². The smallest absolute Gasteiger partial charge is 0.164 e. The SMILES string of the molecule is CC12C=CC=CC1c1cc3c(cc1O2)c1ccccc1n3C1NC=C(c2ccccc2)C=C1c1nc(-c2ccccc2)nc(-c2ccccc2)n1. The van der Waals surface area contributed by atoms with Crippen LogP contribution in [0.25, 0.3) is 55.7 Å². The number of allylic oxidation sites excluding steroid dienone is 4. The number of dihydropyridines is 1. The highest BCUT2D eigenvalue weighted by Crippen LogP contribution is 2.51. The average Bonchev–Trinajstić information content (AvgIpc) is 3.68. The zero-order valence-corrected chi connectivity index (χ0v) is 27.9. The van der Waals surface area contributed by atoms with Gasteiger partial charge in [-0.15, -0.1) is 0 Å². The molecular weight excluding hydrogens is 627 g/mol. The second kappa shape index (κ2) is 11.5. The summed E-state index contributed by atoms with van der Waals surface area (Å²) in [6.45, 7) is 2.17. The number of hydrogen-bond donors (Lipinski definition) is 1. The van der Waals surface area contributed by atoms with Crippen LogP contribution in [0, 0.1) is 0 Å². The molecule has 1 N–H and O–H groups in total. The molecule has 5 aromatic carbocycles. The van der Waals surface area contributed by atoms with Gasteiger partial charge in [0.15, 0.2) is 17.5 Å². The summed E-state index contributed by atoms with van der Waals surface area (Å²) in [6.07, 6.45) is 12.7. The molecule has 3 atom stereocenters. The Morgan fingerprint density at radius 3 is 1.98 bits per heavy atom. The van der Waals surface area contributed by atoms with Gasteiger partial charge in [-0.2, -0.15) is 0 Å². The highest BCUT2D eigenvalue weighted by molar-refractivity contribution is 6.09. The maximum Gasteiger partial charge on any atom is 0.164 e. The van der Waals surface area contributed by atoms with Crippen molar-refractivity contribution >= 4 is 33.0 Å². The van der Waals surface area contributed by atoms with Crippen LogP contribution in [0.3, 0.4) is 0 Å². The second-order valence-electron chi connectivity index (χ2n) is 13.5. The molecule has 0 amide bonds. The van der Waals surface area contributed by atoms with Crippen LogP contribution in [0.4, 0.5) is 0 Å². The van der Waals surface area contributed by atoms with Gasteiger partial charge in [-0.05, 0) is 48.4 Å². The normalized spacial score (nSPS) is 20.3. The van der Waals surface area contributed by atoms with Crippen molar-refractivity contribution in [2.75, 3.05) is 0 Å². The Labute approximate surface area is 295 Å². The van der Waals surface area contributed by atoms with E-state index >= 15 is 0 Å². The van der Waals surface area contributed by atoms with E-state index in [4.69, 9.17) is 19.7 Å². The zero-order chi connectivity index (χ0) is 33.9. The lowest BCUT2D eigenvalue weighted by atomic mass is 9.82. The molecular formula is C45H33N5O. The number of aromatic nitrogens is 4. The maximum absolute atomic E-state index is 6.66. The van der Waals surface area contributed by atoms with Crippen molar-refractivity contribution in [1.29, 1.82) is 0 Å². The number of hydrogen-bond acceptors (Lipinski definition) is 5. The summed E-state index contributed by atoms with van der Waals surface area (Å²) in [6, 6.07) is 43.9. The molecule has 244 valence electrons. The zero-order valence-electron chi connectivity index (χ0n) is 27.9. The van der Waals surface area contributed by atoms with Crippen molar-refractivity contribution in [3.05, 3.63) is 181 Å². The molecule has 7 aromatic rings. The van der Waals surface area contributed by atoms with E-state index in [2.05, 4.69) is 114 Å². The maximum atomic E-state index is 6.66. The molecule has 0 spiro atoms. The fraction of sp³-hybridized carbons (Fsp3) is 0.0889. The summed E-state index contributed by atoms with van der Waals surface area (Å²) in [5, 5.41) is 6.13. The fourth-order valence-electron chi connectivity index (χ4n) is 7.80. The highest BCUT2D eigenvalue weighted by Gasteiger charge is 2.43. The van der Waals surface area contributed by atoms with Gasteiger partial charge in [-0.3, -0.25) is 0 Å². The van der Waals surface area contributed by atoms with Crippen LogP contribution < -0.4 is 10.1 Å². The van der Waals surface area contributed by atoms with Crippen molar-refractivity contribution in [1.82, 2.24) is 24.8 Å². The summed E-state index contributed by atoms with van der Waals surface area (Å²) in [7, 11) is 0. The van der Waals surface area contributed by atoms with E-state index in [9.17, 15) is 0 Å². The summed E-state index contributed by atoms with van der Waals surface area (Å²) in [4.78, 5) is 15.4. The first kappa shape index (κ1) is 29.4. The van der Waals surface area contributed by atoms with Crippen molar-refractivity contribution in [3.63, 3.8) is 0 Å². The molecule has 1 aliphatic carbocycles. The molecule has 3 unspecified atom stereocenters. The molecule has 6 heteroatoms. The van der Waals surface area contributed by atoms with Crippen LogP contribution >= 0.6 is 0 Å². The Balaban J connectivity index is 1.22. The highest BCUT2D eigenvalue weighted by atomic mass is 16.5. The third-order valence-electron chi connectivity index (χ3n) is 10.3. The Hall–Kier alpha value is -6.53. The monoisotopic (exact) mass is 659 g/mol.